The molecule has 0 aliphatic carbocycles. The normalized spacial score (nSPS) is 11.8. The first-order chi connectivity index (χ1) is 9.22. The van der Waals surface area contributed by atoms with Crippen molar-refractivity contribution in [3.63, 3.8) is 0 Å². The van der Waals surface area contributed by atoms with Gasteiger partial charge in [-0.2, -0.15) is 0 Å². The molecule has 0 amide bonds. The number of nitrogens with zero attached hydrogens (tertiary/aromatic N) is 1. The number of nitrogens with two attached hydrogens (primary N) is 1. The number of anilines is 1. The standard InChI is InChI=1S/C15H17N3S/c1-2-13(11-6-4-3-5-7-11)18-14-10-17-9-8-12(14)15(16)19/h3-10,13,18H,2H2,1H3,(H2,16,19). The van der Waals surface area contributed by atoms with Gasteiger partial charge in [0.1, 0.15) is 4.99 Å². The van der Waals surface area contributed by atoms with Crippen molar-refractivity contribution in [1.29, 1.82) is 0 Å². The van der Waals surface area contributed by atoms with Crippen molar-refractivity contribution < 1.29 is 0 Å². The molecule has 4 heteroatoms. The zero-order valence-electron chi connectivity index (χ0n) is 10.8. The largest absolute Gasteiger partial charge is 0.389 e. The van der Waals surface area contributed by atoms with Crippen molar-refractivity contribution in [2.75, 3.05) is 5.32 Å². The maximum atomic E-state index is 5.73. The average Bonchev–Trinajstić information content (AvgIpc) is 2.46. The Labute approximate surface area is 118 Å². The summed E-state index contributed by atoms with van der Waals surface area (Å²) in [5.74, 6) is 0. The maximum absolute atomic E-state index is 5.73. The second-order valence-corrected chi connectivity index (χ2v) is 4.74. The van der Waals surface area contributed by atoms with Crippen LogP contribution in [0.5, 0.6) is 0 Å². The Kier molecular flexibility index (Phi) is 4.47. The molecular formula is C15H17N3S. The van der Waals surface area contributed by atoms with Crippen LogP contribution in [0.15, 0.2) is 48.8 Å². The Morgan fingerprint density at radius 2 is 2.05 bits per heavy atom. The summed E-state index contributed by atoms with van der Waals surface area (Å²) in [5.41, 5.74) is 8.69. The van der Waals surface area contributed by atoms with Crippen LogP contribution in [-0.4, -0.2) is 9.97 Å². The molecule has 2 aromatic rings. The second-order valence-electron chi connectivity index (χ2n) is 4.30. The van der Waals surface area contributed by atoms with Gasteiger partial charge in [-0.1, -0.05) is 49.5 Å². The van der Waals surface area contributed by atoms with E-state index >= 15 is 0 Å². The molecule has 1 unspecified atom stereocenters. The predicted octanol–water partition coefficient (Wildman–Crippen LogP) is 3.28. The number of thiocarbonyl (C=S) groups is 1. The number of hydrogen-bond acceptors (Lipinski definition) is 3. The van der Waals surface area contributed by atoms with Crippen LogP contribution in [0.3, 0.4) is 0 Å². The second kappa shape index (κ2) is 6.29. The van der Waals surface area contributed by atoms with E-state index in [0.29, 0.717) is 4.99 Å². The van der Waals surface area contributed by atoms with Crippen LogP contribution in [0.1, 0.15) is 30.5 Å². The molecule has 0 fully saturated rings. The highest BCUT2D eigenvalue weighted by Crippen LogP contribution is 2.24. The summed E-state index contributed by atoms with van der Waals surface area (Å²) >= 11 is 5.07. The molecule has 0 bridgehead atoms. The molecule has 19 heavy (non-hydrogen) atoms. The van der Waals surface area contributed by atoms with Gasteiger partial charge >= 0.3 is 0 Å². The third-order valence-electron chi connectivity index (χ3n) is 3.03. The highest BCUT2D eigenvalue weighted by Gasteiger charge is 2.12. The first-order valence-corrected chi connectivity index (χ1v) is 6.68. The van der Waals surface area contributed by atoms with Crippen molar-refractivity contribution >= 4 is 22.9 Å². The summed E-state index contributed by atoms with van der Waals surface area (Å²) in [5, 5.41) is 3.46. The Balaban J connectivity index is 2.27. The van der Waals surface area contributed by atoms with E-state index in [9.17, 15) is 0 Å². The number of pyridine rings is 1. The summed E-state index contributed by atoms with van der Waals surface area (Å²) < 4.78 is 0. The van der Waals surface area contributed by atoms with Crippen LogP contribution in [-0.2, 0) is 0 Å². The van der Waals surface area contributed by atoms with Crippen LogP contribution in [0.25, 0.3) is 0 Å². The minimum absolute atomic E-state index is 0.221. The lowest BCUT2D eigenvalue weighted by Crippen LogP contribution is -2.16. The quantitative estimate of drug-likeness (QED) is 0.819. The van der Waals surface area contributed by atoms with E-state index in [2.05, 4.69) is 29.4 Å². The van der Waals surface area contributed by atoms with Crippen molar-refractivity contribution in [1.82, 2.24) is 4.98 Å². The summed E-state index contributed by atoms with van der Waals surface area (Å²) in [6.45, 7) is 2.14. The summed E-state index contributed by atoms with van der Waals surface area (Å²) in [6.07, 6.45) is 4.43. The van der Waals surface area contributed by atoms with E-state index in [1.54, 1.807) is 12.4 Å². The summed E-state index contributed by atoms with van der Waals surface area (Å²) in [4.78, 5) is 4.51. The van der Waals surface area contributed by atoms with Gasteiger partial charge < -0.3 is 11.1 Å². The van der Waals surface area contributed by atoms with Crippen LogP contribution in [0.4, 0.5) is 5.69 Å². The molecule has 0 aliphatic heterocycles. The smallest absolute Gasteiger partial charge is 0.106 e. The molecule has 0 saturated carbocycles. The van der Waals surface area contributed by atoms with Crippen LogP contribution < -0.4 is 11.1 Å². The summed E-state index contributed by atoms with van der Waals surface area (Å²) in [7, 11) is 0. The zero-order chi connectivity index (χ0) is 13.7. The topological polar surface area (TPSA) is 50.9 Å². The molecule has 0 radical (unpaired) electrons. The van der Waals surface area contributed by atoms with E-state index in [4.69, 9.17) is 18.0 Å². The predicted molar refractivity (Wildman–Crippen MR) is 83.2 cm³/mol. The Bertz CT molecular complexity index is 554. The van der Waals surface area contributed by atoms with Gasteiger partial charge in [-0.3, -0.25) is 4.98 Å². The van der Waals surface area contributed by atoms with Crippen LogP contribution >= 0.6 is 12.2 Å². The van der Waals surface area contributed by atoms with Crippen molar-refractivity contribution in [2.24, 2.45) is 5.73 Å². The van der Waals surface area contributed by atoms with Crippen LogP contribution in [0, 0.1) is 0 Å². The molecule has 0 aliphatic rings. The third-order valence-corrected chi connectivity index (χ3v) is 3.25. The molecular weight excluding hydrogens is 254 g/mol. The van der Waals surface area contributed by atoms with E-state index < -0.39 is 0 Å². The summed E-state index contributed by atoms with van der Waals surface area (Å²) in [6, 6.07) is 12.4. The first kappa shape index (κ1) is 13.5. The van der Waals surface area contributed by atoms with Gasteiger partial charge in [-0.15, -0.1) is 0 Å². The van der Waals surface area contributed by atoms with Crippen molar-refractivity contribution in [3.8, 4) is 0 Å². The van der Waals surface area contributed by atoms with Gasteiger partial charge in [-0.25, -0.2) is 0 Å². The Hall–Kier alpha value is -1.94. The lowest BCUT2D eigenvalue weighted by molar-refractivity contribution is 0.748. The van der Waals surface area contributed by atoms with E-state index in [1.807, 2.05) is 24.3 Å². The highest BCUT2D eigenvalue weighted by molar-refractivity contribution is 7.80. The minimum Gasteiger partial charge on any atom is -0.389 e. The lowest BCUT2D eigenvalue weighted by Gasteiger charge is -2.20. The molecule has 1 aromatic heterocycles. The average molecular weight is 271 g/mol. The number of hydrogen-bond donors (Lipinski definition) is 2. The minimum atomic E-state index is 0.221. The van der Waals surface area contributed by atoms with E-state index in [-0.39, 0.29) is 6.04 Å². The fraction of sp³-hybridized carbons (Fsp3) is 0.200. The molecule has 0 saturated heterocycles. The maximum Gasteiger partial charge on any atom is 0.106 e. The zero-order valence-corrected chi connectivity index (χ0v) is 11.7. The lowest BCUT2D eigenvalue weighted by atomic mass is 10.0. The molecule has 1 aromatic carbocycles. The van der Waals surface area contributed by atoms with Gasteiger partial charge in [0.2, 0.25) is 0 Å². The van der Waals surface area contributed by atoms with E-state index in [1.165, 1.54) is 5.56 Å². The van der Waals surface area contributed by atoms with Gasteiger partial charge in [0.15, 0.2) is 0 Å². The SMILES string of the molecule is CCC(Nc1cnccc1C(N)=S)c1ccccc1. The molecule has 1 heterocycles. The first-order valence-electron chi connectivity index (χ1n) is 6.27. The number of nitrogens with one attached hydrogen (secondary N) is 1. The number of rotatable bonds is 5. The monoisotopic (exact) mass is 271 g/mol. The molecule has 1 atom stereocenters. The number of benzene rings is 1. The molecule has 98 valence electrons. The van der Waals surface area contributed by atoms with Gasteiger partial charge in [-0.05, 0) is 18.1 Å². The Morgan fingerprint density at radius 1 is 1.32 bits per heavy atom. The number of aromatic nitrogens is 1. The van der Waals surface area contributed by atoms with Gasteiger partial charge in [0.25, 0.3) is 0 Å². The van der Waals surface area contributed by atoms with Crippen molar-refractivity contribution in [3.05, 3.63) is 59.9 Å². The fourth-order valence-corrected chi connectivity index (χ4v) is 2.20. The fourth-order valence-electron chi connectivity index (χ4n) is 2.02. The molecule has 2 rings (SSSR count). The van der Waals surface area contributed by atoms with Gasteiger partial charge in [0.05, 0.1) is 17.9 Å². The van der Waals surface area contributed by atoms with E-state index in [0.717, 1.165) is 17.7 Å². The van der Waals surface area contributed by atoms with Gasteiger partial charge in [0, 0.05) is 11.8 Å². The Morgan fingerprint density at radius 3 is 2.68 bits per heavy atom. The molecule has 3 N–H and O–H groups in total. The van der Waals surface area contributed by atoms with Crippen molar-refractivity contribution in [2.45, 2.75) is 19.4 Å². The molecule has 3 nitrogen and oxygen atoms in total. The van der Waals surface area contributed by atoms with Crippen LogP contribution in [0.2, 0.25) is 0 Å². The third kappa shape index (κ3) is 3.29. The molecule has 0 spiro atoms. The highest BCUT2D eigenvalue weighted by atomic mass is 32.1.